The van der Waals surface area contributed by atoms with Crippen LogP contribution in [0.2, 0.25) is 0 Å². The van der Waals surface area contributed by atoms with Crippen LogP contribution in [0.25, 0.3) is 5.95 Å². The SMILES string of the molecule is O=C(NC1CCNCC1)c1cc(C(F)(F)F)nc(-n2ccnc2)n1. The smallest absolute Gasteiger partial charge is 0.348 e. The maximum atomic E-state index is 13.1. The van der Waals surface area contributed by atoms with Gasteiger partial charge in [0.25, 0.3) is 5.91 Å². The van der Waals surface area contributed by atoms with Gasteiger partial charge in [-0.1, -0.05) is 0 Å². The van der Waals surface area contributed by atoms with E-state index in [0.717, 1.165) is 25.9 Å². The molecule has 128 valence electrons. The van der Waals surface area contributed by atoms with Crippen molar-refractivity contribution in [3.8, 4) is 5.95 Å². The minimum absolute atomic E-state index is 0.0836. The molecule has 7 nitrogen and oxygen atoms in total. The van der Waals surface area contributed by atoms with Gasteiger partial charge in [0.15, 0.2) is 5.69 Å². The lowest BCUT2D eigenvalue weighted by atomic mass is 10.1. The van der Waals surface area contributed by atoms with Crippen LogP contribution in [0.15, 0.2) is 24.8 Å². The first-order chi connectivity index (χ1) is 11.4. The van der Waals surface area contributed by atoms with Crippen LogP contribution in [0.1, 0.15) is 29.0 Å². The second kappa shape index (κ2) is 6.56. The van der Waals surface area contributed by atoms with E-state index >= 15 is 0 Å². The average molecular weight is 340 g/mol. The normalized spacial score (nSPS) is 16.1. The zero-order chi connectivity index (χ0) is 17.2. The number of nitrogens with zero attached hydrogens (tertiary/aromatic N) is 4. The van der Waals surface area contributed by atoms with E-state index in [0.29, 0.717) is 6.07 Å². The van der Waals surface area contributed by atoms with Gasteiger partial charge in [-0.25, -0.2) is 15.0 Å². The first-order valence-electron chi connectivity index (χ1n) is 7.39. The number of imidazole rings is 1. The van der Waals surface area contributed by atoms with Crippen molar-refractivity contribution in [3.05, 3.63) is 36.2 Å². The van der Waals surface area contributed by atoms with Crippen molar-refractivity contribution < 1.29 is 18.0 Å². The molecule has 2 aromatic heterocycles. The monoisotopic (exact) mass is 340 g/mol. The van der Waals surface area contributed by atoms with E-state index in [-0.39, 0.29) is 17.7 Å². The summed E-state index contributed by atoms with van der Waals surface area (Å²) in [6.07, 6.45) is 0.822. The second-order valence-electron chi connectivity index (χ2n) is 5.40. The largest absolute Gasteiger partial charge is 0.433 e. The fraction of sp³-hybridized carbons (Fsp3) is 0.429. The van der Waals surface area contributed by atoms with Crippen molar-refractivity contribution in [2.75, 3.05) is 13.1 Å². The summed E-state index contributed by atoms with van der Waals surface area (Å²) >= 11 is 0. The molecule has 0 saturated carbocycles. The molecule has 1 amide bonds. The van der Waals surface area contributed by atoms with Gasteiger partial charge in [0, 0.05) is 24.5 Å². The van der Waals surface area contributed by atoms with Gasteiger partial charge in [-0.15, -0.1) is 0 Å². The number of alkyl halides is 3. The zero-order valence-electron chi connectivity index (χ0n) is 12.5. The van der Waals surface area contributed by atoms with Crippen molar-refractivity contribution in [3.63, 3.8) is 0 Å². The Morgan fingerprint density at radius 1 is 1.29 bits per heavy atom. The topological polar surface area (TPSA) is 84.7 Å². The van der Waals surface area contributed by atoms with Crippen LogP contribution in [0, 0.1) is 0 Å². The molecule has 0 bridgehead atoms. The third-order valence-electron chi connectivity index (χ3n) is 3.65. The van der Waals surface area contributed by atoms with Gasteiger partial charge in [-0.2, -0.15) is 13.2 Å². The van der Waals surface area contributed by atoms with E-state index in [1.165, 1.54) is 23.3 Å². The Balaban J connectivity index is 1.91. The van der Waals surface area contributed by atoms with Crippen molar-refractivity contribution in [1.29, 1.82) is 0 Å². The standard InChI is InChI=1S/C14H15F3N6O/c15-14(16,17)11-7-10(12(24)20-9-1-3-18-4-2-9)21-13(22-11)23-6-5-19-8-23/h5-9,18H,1-4H2,(H,20,24). The lowest BCUT2D eigenvalue weighted by Gasteiger charge is -2.23. The molecule has 3 rings (SSSR count). The zero-order valence-corrected chi connectivity index (χ0v) is 12.5. The van der Waals surface area contributed by atoms with Crippen molar-refractivity contribution >= 4 is 5.91 Å². The number of piperidine rings is 1. The van der Waals surface area contributed by atoms with Crippen LogP contribution in [0.4, 0.5) is 13.2 Å². The number of halogens is 3. The molecule has 0 aliphatic carbocycles. The Labute approximate surface area is 135 Å². The van der Waals surface area contributed by atoms with Crippen molar-refractivity contribution in [2.24, 2.45) is 0 Å². The molecule has 2 aromatic rings. The number of carbonyl (C=O) groups is 1. The number of hydrogen-bond donors (Lipinski definition) is 2. The Morgan fingerprint density at radius 2 is 2.04 bits per heavy atom. The van der Waals surface area contributed by atoms with Gasteiger partial charge < -0.3 is 10.6 Å². The number of amides is 1. The Bertz CT molecular complexity index is 710. The first kappa shape index (κ1) is 16.4. The van der Waals surface area contributed by atoms with Gasteiger partial charge in [-0.3, -0.25) is 9.36 Å². The second-order valence-corrected chi connectivity index (χ2v) is 5.40. The lowest BCUT2D eigenvalue weighted by Crippen LogP contribution is -2.43. The molecule has 1 fully saturated rings. The summed E-state index contributed by atoms with van der Waals surface area (Å²) in [6, 6.07) is 0.580. The summed E-state index contributed by atoms with van der Waals surface area (Å²) < 4.78 is 40.4. The molecule has 0 unspecified atom stereocenters. The summed E-state index contributed by atoms with van der Waals surface area (Å²) in [6.45, 7) is 1.51. The minimum atomic E-state index is -4.68. The third-order valence-corrected chi connectivity index (χ3v) is 3.65. The summed E-state index contributed by atoms with van der Waals surface area (Å²) in [5.41, 5.74) is -1.49. The van der Waals surface area contributed by atoms with Crippen LogP contribution in [0.5, 0.6) is 0 Å². The molecule has 1 aliphatic rings. The lowest BCUT2D eigenvalue weighted by molar-refractivity contribution is -0.141. The highest BCUT2D eigenvalue weighted by molar-refractivity contribution is 5.92. The molecule has 10 heteroatoms. The fourth-order valence-corrected chi connectivity index (χ4v) is 2.41. The number of rotatable bonds is 3. The van der Waals surface area contributed by atoms with Gasteiger partial charge in [0.05, 0.1) is 0 Å². The molecule has 1 saturated heterocycles. The van der Waals surface area contributed by atoms with Gasteiger partial charge in [0.1, 0.15) is 12.0 Å². The predicted octanol–water partition coefficient (Wildman–Crippen LogP) is 1.16. The van der Waals surface area contributed by atoms with Crippen molar-refractivity contribution in [1.82, 2.24) is 30.2 Å². The van der Waals surface area contributed by atoms with Crippen LogP contribution in [-0.2, 0) is 6.18 Å². The molecule has 0 radical (unpaired) electrons. The van der Waals surface area contributed by atoms with E-state index in [1.54, 1.807) is 0 Å². The maximum Gasteiger partial charge on any atom is 0.433 e. The van der Waals surface area contributed by atoms with E-state index in [9.17, 15) is 18.0 Å². The highest BCUT2D eigenvalue weighted by atomic mass is 19.4. The summed E-state index contributed by atoms with van der Waals surface area (Å²) in [5.74, 6) is -0.894. The summed E-state index contributed by atoms with van der Waals surface area (Å²) in [5, 5.41) is 5.87. The van der Waals surface area contributed by atoms with Gasteiger partial charge in [-0.05, 0) is 25.9 Å². The number of aromatic nitrogens is 4. The maximum absolute atomic E-state index is 13.1. The third kappa shape index (κ3) is 3.70. The van der Waals surface area contributed by atoms with Gasteiger partial charge >= 0.3 is 6.18 Å². The van der Waals surface area contributed by atoms with Crippen LogP contribution in [-0.4, -0.2) is 44.6 Å². The molecule has 24 heavy (non-hydrogen) atoms. The first-order valence-corrected chi connectivity index (χ1v) is 7.39. The Morgan fingerprint density at radius 3 is 2.67 bits per heavy atom. The van der Waals surface area contributed by atoms with Crippen LogP contribution < -0.4 is 10.6 Å². The van der Waals surface area contributed by atoms with Crippen LogP contribution >= 0.6 is 0 Å². The quantitative estimate of drug-likeness (QED) is 0.876. The van der Waals surface area contributed by atoms with Crippen molar-refractivity contribution in [2.45, 2.75) is 25.1 Å². The molecule has 0 spiro atoms. The van der Waals surface area contributed by atoms with E-state index in [1.807, 2.05) is 0 Å². The minimum Gasteiger partial charge on any atom is -0.348 e. The van der Waals surface area contributed by atoms with Crippen LogP contribution in [0.3, 0.4) is 0 Å². The molecular formula is C14H15F3N6O. The summed E-state index contributed by atoms with van der Waals surface area (Å²) in [4.78, 5) is 23.5. The summed E-state index contributed by atoms with van der Waals surface area (Å²) in [7, 11) is 0. The van der Waals surface area contributed by atoms with Gasteiger partial charge in [0.2, 0.25) is 5.95 Å². The molecule has 0 aromatic carbocycles. The Kier molecular flexibility index (Phi) is 4.47. The fourth-order valence-electron chi connectivity index (χ4n) is 2.41. The number of carbonyl (C=O) groups excluding carboxylic acids is 1. The average Bonchev–Trinajstić information content (AvgIpc) is 3.09. The number of nitrogens with one attached hydrogen (secondary N) is 2. The van der Waals surface area contributed by atoms with E-state index in [4.69, 9.17) is 0 Å². The Hall–Kier alpha value is -2.49. The molecule has 2 N–H and O–H groups in total. The predicted molar refractivity (Wildman–Crippen MR) is 77.5 cm³/mol. The molecule has 1 aliphatic heterocycles. The van der Waals surface area contributed by atoms with E-state index in [2.05, 4.69) is 25.6 Å². The number of hydrogen-bond acceptors (Lipinski definition) is 5. The molecule has 3 heterocycles. The highest BCUT2D eigenvalue weighted by Crippen LogP contribution is 2.28. The molecular weight excluding hydrogens is 325 g/mol. The van der Waals surface area contributed by atoms with E-state index < -0.39 is 17.8 Å². The molecule has 0 atom stereocenters. The highest BCUT2D eigenvalue weighted by Gasteiger charge is 2.34.